The number of benzene rings is 1. The summed E-state index contributed by atoms with van der Waals surface area (Å²) in [6.45, 7) is 0.391. The number of hydrogen-bond acceptors (Lipinski definition) is 5. The molecule has 134 valence electrons. The molecule has 4 N–H and O–H groups in total. The molecule has 0 radical (unpaired) electrons. The number of H-pyrrole nitrogens is 1. The lowest BCUT2D eigenvalue weighted by molar-refractivity contribution is -0.123. The van der Waals surface area contributed by atoms with Crippen molar-refractivity contribution in [1.82, 2.24) is 20.3 Å². The number of aromatic amines is 1. The third-order valence-electron chi connectivity index (χ3n) is 4.56. The number of fused-ring (bicyclic) bond motifs is 1. The molecule has 2 aromatic heterocycles. The Morgan fingerprint density at radius 2 is 2.15 bits per heavy atom. The van der Waals surface area contributed by atoms with E-state index in [9.17, 15) is 4.79 Å². The summed E-state index contributed by atoms with van der Waals surface area (Å²) < 4.78 is 5.03. The number of methoxy groups -OCH3 is 1. The van der Waals surface area contributed by atoms with Crippen molar-refractivity contribution in [2.75, 3.05) is 7.11 Å². The number of carbonyl (C=O) groups is 1. The fraction of sp³-hybridized carbons (Fsp3) is 0.278. The molecule has 8 heteroatoms. The van der Waals surface area contributed by atoms with Crippen molar-refractivity contribution in [3.05, 3.63) is 41.3 Å². The van der Waals surface area contributed by atoms with E-state index < -0.39 is 5.54 Å². The van der Waals surface area contributed by atoms with E-state index in [-0.39, 0.29) is 5.91 Å². The second-order valence-corrected chi connectivity index (χ2v) is 6.90. The van der Waals surface area contributed by atoms with Crippen LogP contribution in [0.4, 0.5) is 0 Å². The number of nitrogens with one attached hydrogen (secondary N) is 2. The number of aromatic nitrogens is 3. The smallest absolute Gasteiger partial charge is 0.240 e. The predicted molar refractivity (Wildman–Crippen MR) is 98.9 cm³/mol. The van der Waals surface area contributed by atoms with Crippen molar-refractivity contribution < 1.29 is 9.53 Å². The van der Waals surface area contributed by atoms with Gasteiger partial charge >= 0.3 is 0 Å². The normalized spacial score (nSPS) is 15.0. The van der Waals surface area contributed by atoms with Crippen molar-refractivity contribution in [2.45, 2.75) is 24.9 Å². The maximum absolute atomic E-state index is 12.0. The molecule has 0 unspecified atom stereocenters. The number of hydrogen-bond donors (Lipinski definition) is 3. The van der Waals surface area contributed by atoms with Gasteiger partial charge in [-0.05, 0) is 31.0 Å². The van der Waals surface area contributed by atoms with E-state index in [1.54, 1.807) is 12.4 Å². The summed E-state index contributed by atoms with van der Waals surface area (Å²) in [5, 5.41) is 4.40. The molecule has 1 amide bonds. The Bertz CT molecular complexity index is 979. The Balaban J connectivity index is 1.58. The van der Waals surface area contributed by atoms with E-state index in [1.165, 1.54) is 7.11 Å². The average Bonchev–Trinajstić information content (AvgIpc) is 3.28. The first-order valence-electron chi connectivity index (χ1n) is 8.23. The summed E-state index contributed by atoms with van der Waals surface area (Å²) in [6, 6.07) is 5.75. The molecule has 2 heterocycles. The van der Waals surface area contributed by atoms with E-state index in [2.05, 4.69) is 20.3 Å². The van der Waals surface area contributed by atoms with Crippen LogP contribution in [0.5, 0.6) is 5.88 Å². The second-order valence-electron chi connectivity index (χ2n) is 6.50. The number of halogens is 1. The van der Waals surface area contributed by atoms with Gasteiger partial charge in [0.05, 0.1) is 42.3 Å². The highest BCUT2D eigenvalue weighted by Gasteiger charge is 2.45. The Labute approximate surface area is 154 Å². The van der Waals surface area contributed by atoms with Crippen molar-refractivity contribution in [1.29, 1.82) is 0 Å². The molecule has 1 aromatic carbocycles. The molecule has 0 atom stereocenters. The number of rotatable bonds is 5. The molecule has 0 saturated heterocycles. The number of amides is 1. The van der Waals surface area contributed by atoms with Crippen LogP contribution in [-0.4, -0.2) is 33.5 Å². The minimum Gasteiger partial charge on any atom is -0.480 e. The zero-order chi connectivity index (χ0) is 18.3. The highest BCUT2D eigenvalue weighted by atomic mass is 35.5. The topological polar surface area (TPSA) is 106 Å². The first kappa shape index (κ1) is 16.8. The largest absolute Gasteiger partial charge is 0.480 e. The lowest BCUT2D eigenvalue weighted by atomic mass is 10.1. The van der Waals surface area contributed by atoms with Gasteiger partial charge in [0.15, 0.2) is 0 Å². The molecular formula is C18H18ClN5O2. The SMILES string of the molecule is COc1cnc(-c2cc3[nH]c(CNC(=O)C4(N)CC4)cc3cc2Cl)cn1. The standard InChI is InChI=1S/C18H18ClN5O2/c1-26-16-9-21-15(8-22-16)12-6-14-10(5-13(12)19)4-11(24-14)7-23-17(25)18(20)2-3-18/h4-6,8-9,24H,2-3,7,20H2,1H3,(H,23,25). The Morgan fingerprint density at radius 1 is 1.35 bits per heavy atom. The van der Waals surface area contributed by atoms with Crippen LogP contribution in [0.2, 0.25) is 5.02 Å². The highest BCUT2D eigenvalue weighted by molar-refractivity contribution is 6.34. The maximum atomic E-state index is 12.0. The molecule has 7 nitrogen and oxygen atoms in total. The molecule has 1 saturated carbocycles. The molecule has 0 aliphatic heterocycles. The quantitative estimate of drug-likeness (QED) is 0.638. The lowest BCUT2D eigenvalue weighted by Crippen LogP contribution is -2.42. The van der Waals surface area contributed by atoms with Crippen LogP contribution in [0, 0.1) is 0 Å². The van der Waals surface area contributed by atoms with Gasteiger partial charge in [-0.25, -0.2) is 9.97 Å². The van der Waals surface area contributed by atoms with Crippen LogP contribution in [-0.2, 0) is 11.3 Å². The first-order valence-corrected chi connectivity index (χ1v) is 8.61. The molecule has 26 heavy (non-hydrogen) atoms. The third-order valence-corrected chi connectivity index (χ3v) is 4.87. The van der Waals surface area contributed by atoms with Gasteiger partial charge in [-0.1, -0.05) is 11.6 Å². The van der Waals surface area contributed by atoms with Crippen LogP contribution in [0.1, 0.15) is 18.5 Å². The van der Waals surface area contributed by atoms with Crippen LogP contribution >= 0.6 is 11.6 Å². The molecule has 1 aliphatic rings. The van der Waals surface area contributed by atoms with Gasteiger partial charge in [-0.3, -0.25) is 4.79 Å². The van der Waals surface area contributed by atoms with Gasteiger partial charge in [0.1, 0.15) is 0 Å². The number of ether oxygens (including phenoxy) is 1. The van der Waals surface area contributed by atoms with Crippen molar-refractivity contribution in [3.63, 3.8) is 0 Å². The predicted octanol–water partition coefficient (Wildman–Crippen LogP) is 2.39. The molecular weight excluding hydrogens is 354 g/mol. The fourth-order valence-electron chi connectivity index (χ4n) is 2.78. The lowest BCUT2D eigenvalue weighted by Gasteiger charge is -2.08. The maximum Gasteiger partial charge on any atom is 0.240 e. The summed E-state index contributed by atoms with van der Waals surface area (Å²) in [5.74, 6) is 0.334. The Morgan fingerprint density at radius 3 is 2.81 bits per heavy atom. The van der Waals surface area contributed by atoms with Crippen molar-refractivity contribution in [3.8, 4) is 17.1 Å². The Hall–Kier alpha value is -2.64. The second kappa shape index (κ2) is 6.26. The van der Waals surface area contributed by atoms with Crippen LogP contribution in [0.25, 0.3) is 22.2 Å². The summed E-state index contributed by atoms with van der Waals surface area (Å²) in [4.78, 5) is 23.8. The van der Waals surface area contributed by atoms with E-state index in [0.717, 1.165) is 35.0 Å². The summed E-state index contributed by atoms with van der Waals surface area (Å²) in [7, 11) is 1.54. The summed E-state index contributed by atoms with van der Waals surface area (Å²) in [5.41, 5.74) is 8.43. The van der Waals surface area contributed by atoms with Crippen LogP contribution in [0.15, 0.2) is 30.6 Å². The fourth-order valence-corrected chi connectivity index (χ4v) is 3.05. The van der Waals surface area contributed by atoms with Crippen molar-refractivity contribution in [2.24, 2.45) is 5.73 Å². The van der Waals surface area contributed by atoms with Gasteiger partial charge in [-0.2, -0.15) is 0 Å². The molecule has 3 aromatic rings. The Kier molecular flexibility index (Phi) is 4.05. The number of carbonyl (C=O) groups excluding carboxylic acids is 1. The summed E-state index contributed by atoms with van der Waals surface area (Å²) >= 11 is 6.42. The molecule has 1 fully saturated rings. The molecule has 0 spiro atoms. The third kappa shape index (κ3) is 3.11. The zero-order valence-corrected chi connectivity index (χ0v) is 14.9. The molecule has 4 rings (SSSR count). The van der Waals surface area contributed by atoms with Crippen LogP contribution in [0.3, 0.4) is 0 Å². The summed E-state index contributed by atoms with van der Waals surface area (Å²) in [6.07, 6.45) is 4.65. The van der Waals surface area contributed by atoms with Crippen molar-refractivity contribution >= 4 is 28.4 Å². The average molecular weight is 372 g/mol. The van der Waals surface area contributed by atoms with Gasteiger partial charge < -0.3 is 20.8 Å². The minimum absolute atomic E-state index is 0.108. The van der Waals surface area contributed by atoms with Gasteiger partial charge in [0.25, 0.3) is 0 Å². The van der Waals surface area contributed by atoms with Crippen LogP contribution < -0.4 is 15.8 Å². The van der Waals surface area contributed by atoms with E-state index in [1.807, 2.05) is 18.2 Å². The number of nitrogens with zero attached hydrogens (tertiary/aromatic N) is 2. The zero-order valence-electron chi connectivity index (χ0n) is 14.2. The van der Waals surface area contributed by atoms with Gasteiger partial charge in [0, 0.05) is 22.2 Å². The first-order chi connectivity index (χ1) is 12.5. The van der Waals surface area contributed by atoms with E-state index in [0.29, 0.717) is 23.1 Å². The van der Waals surface area contributed by atoms with E-state index in [4.69, 9.17) is 22.1 Å². The molecule has 1 aliphatic carbocycles. The monoisotopic (exact) mass is 371 g/mol. The highest BCUT2D eigenvalue weighted by Crippen LogP contribution is 2.33. The van der Waals surface area contributed by atoms with Gasteiger partial charge in [-0.15, -0.1) is 0 Å². The van der Waals surface area contributed by atoms with E-state index >= 15 is 0 Å². The molecule has 0 bridgehead atoms. The number of nitrogens with two attached hydrogens (primary N) is 1. The van der Waals surface area contributed by atoms with Gasteiger partial charge in [0.2, 0.25) is 11.8 Å². The minimum atomic E-state index is -0.671.